The van der Waals surface area contributed by atoms with E-state index in [9.17, 15) is 0 Å². The molecule has 108 valence electrons. The van der Waals surface area contributed by atoms with Gasteiger partial charge in [-0.3, -0.25) is 0 Å². The van der Waals surface area contributed by atoms with Gasteiger partial charge in [0.1, 0.15) is 5.75 Å². The number of nitrogens with one attached hydrogen (secondary N) is 1. The molecule has 1 aromatic rings. The molecule has 1 atom stereocenters. The molecule has 0 heterocycles. The second-order valence-electron chi connectivity index (χ2n) is 5.80. The molecule has 2 heteroatoms. The average Bonchev–Trinajstić information content (AvgIpc) is 2.39. The minimum atomic E-state index is 0.535. The van der Waals surface area contributed by atoms with Crippen molar-refractivity contribution < 1.29 is 4.74 Å². The van der Waals surface area contributed by atoms with Gasteiger partial charge in [-0.25, -0.2) is 0 Å². The standard InChI is InChI=1S/C17H29NO/c1-14(2)7-5-6-12-18-15(3)13-16-8-10-17(19-4)11-9-16/h8-11,14-15,18H,5-7,12-13H2,1-4H3. The summed E-state index contributed by atoms with van der Waals surface area (Å²) in [7, 11) is 1.70. The first-order chi connectivity index (χ1) is 9.11. The van der Waals surface area contributed by atoms with E-state index in [0.717, 1.165) is 24.6 Å². The Labute approximate surface area is 118 Å². The van der Waals surface area contributed by atoms with E-state index in [-0.39, 0.29) is 0 Å². The third kappa shape index (κ3) is 7.22. The normalized spacial score (nSPS) is 12.7. The van der Waals surface area contributed by atoms with Crippen LogP contribution in [0.5, 0.6) is 5.75 Å². The van der Waals surface area contributed by atoms with Crippen LogP contribution in [-0.4, -0.2) is 19.7 Å². The predicted octanol–water partition coefficient (Wildman–Crippen LogP) is 4.04. The Kier molecular flexibility index (Phi) is 7.57. The number of hydrogen-bond donors (Lipinski definition) is 1. The Morgan fingerprint density at radius 2 is 1.74 bits per heavy atom. The van der Waals surface area contributed by atoms with E-state index in [1.807, 2.05) is 12.1 Å². The van der Waals surface area contributed by atoms with Gasteiger partial charge in [-0.2, -0.15) is 0 Å². The van der Waals surface area contributed by atoms with E-state index in [2.05, 4.69) is 38.2 Å². The summed E-state index contributed by atoms with van der Waals surface area (Å²) in [5, 5.41) is 3.60. The largest absolute Gasteiger partial charge is 0.497 e. The fourth-order valence-electron chi connectivity index (χ4n) is 2.21. The average molecular weight is 263 g/mol. The van der Waals surface area contributed by atoms with Crippen LogP contribution in [0.4, 0.5) is 0 Å². The number of methoxy groups -OCH3 is 1. The van der Waals surface area contributed by atoms with E-state index in [4.69, 9.17) is 4.74 Å². The molecule has 0 aliphatic carbocycles. The fourth-order valence-corrected chi connectivity index (χ4v) is 2.21. The second kappa shape index (κ2) is 8.98. The molecule has 0 spiro atoms. The summed E-state index contributed by atoms with van der Waals surface area (Å²) in [6.45, 7) is 7.97. The van der Waals surface area contributed by atoms with Gasteiger partial charge in [-0.15, -0.1) is 0 Å². The van der Waals surface area contributed by atoms with Crippen LogP contribution in [0.15, 0.2) is 24.3 Å². The highest BCUT2D eigenvalue weighted by Gasteiger charge is 2.03. The molecule has 2 nitrogen and oxygen atoms in total. The summed E-state index contributed by atoms with van der Waals surface area (Å²) in [6, 6.07) is 8.90. The van der Waals surface area contributed by atoms with Gasteiger partial charge in [-0.1, -0.05) is 38.8 Å². The highest BCUT2D eigenvalue weighted by Crippen LogP contribution is 2.12. The molecule has 1 aromatic carbocycles. The van der Waals surface area contributed by atoms with Crippen molar-refractivity contribution in [2.24, 2.45) is 5.92 Å². The lowest BCUT2D eigenvalue weighted by atomic mass is 10.1. The number of rotatable bonds is 9. The maximum absolute atomic E-state index is 5.17. The van der Waals surface area contributed by atoms with Gasteiger partial charge in [-0.05, 0) is 49.9 Å². The van der Waals surface area contributed by atoms with Gasteiger partial charge >= 0.3 is 0 Å². The van der Waals surface area contributed by atoms with Crippen LogP contribution in [0.2, 0.25) is 0 Å². The van der Waals surface area contributed by atoms with Crippen molar-refractivity contribution in [1.29, 1.82) is 0 Å². The number of ether oxygens (including phenoxy) is 1. The Morgan fingerprint density at radius 1 is 1.05 bits per heavy atom. The lowest BCUT2D eigenvalue weighted by Gasteiger charge is -2.14. The first kappa shape index (κ1) is 16.0. The highest BCUT2D eigenvalue weighted by atomic mass is 16.5. The highest BCUT2D eigenvalue weighted by molar-refractivity contribution is 5.27. The van der Waals surface area contributed by atoms with Gasteiger partial charge in [0, 0.05) is 6.04 Å². The van der Waals surface area contributed by atoms with Crippen molar-refractivity contribution in [2.75, 3.05) is 13.7 Å². The maximum Gasteiger partial charge on any atom is 0.118 e. The molecular formula is C17H29NO. The Morgan fingerprint density at radius 3 is 2.32 bits per heavy atom. The van der Waals surface area contributed by atoms with Crippen LogP contribution >= 0.6 is 0 Å². The third-order valence-corrected chi connectivity index (χ3v) is 3.40. The zero-order chi connectivity index (χ0) is 14.1. The lowest BCUT2D eigenvalue weighted by Crippen LogP contribution is -2.29. The summed E-state index contributed by atoms with van der Waals surface area (Å²) in [5.41, 5.74) is 1.36. The molecule has 0 aliphatic heterocycles. The van der Waals surface area contributed by atoms with Crippen molar-refractivity contribution in [3.8, 4) is 5.75 Å². The molecule has 19 heavy (non-hydrogen) atoms. The maximum atomic E-state index is 5.17. The molecule has 0 bridgehead atoms. The molecule has 0 fully saturated rings. The summed E-state index contributed by atoms with van der Waals surface area (Å²) in [5.74, 6) is 1.76. The minimum absolute atomic E-state index is 0.535. The lowest BCUT2D eigenvalue weighted by molar-refractivity contribution is 0.414. The SMILES string of the molecule is COc1ccc(CC(C)NCCCCC(C)C)cc1. The van der Waals surface area contributed by atoms with E-state index in [1.54, 1.807) is 7.11 Å². The molecule has 1 N–H and O–H groups in total. The molecule has 0 saturated heterocycles. The van der Waals surface area contributed by atoms with E-state index in [0.29, 0.717) is 6.04 Å². The molecule has 0 amide bonds. The molecule has 1 rings (SSSR count). The van der Waals surface area contributed by atoms with Crippen molar-refractivity contribution in [3.63, 3.8) is 0 Å². The van der Waals surface area contributed by atoms with Gasteiger partial charge < -0.3 is 10.1 Å². The monoisotopic (exact) mass is 263 g/mol. The van der Waals surface area contributed by atoms with Crippen LogP contribution in [0, 0.1) is 5.92 Å². The van der Waals surface area contributed by atoms with Crippen LogP contribution < -0.4 is 10.1 Å². The van der Waals surface area contributed by atoms with Gasteiger partial charge in [0.05, 0.1) is 7.11 Å². The molecular weight excluding hydrogens is 234 g/mol. The molecule has 0 radical (unpaired) electrons. The first-order valence-corrected chi connectivity index (χ1v) is 7.48. The van der Waals surface area contributed by atoms with Gasteiger partial charge in [0.15, 0.2) is 0 Å². The van der Waals surface area contributed by atoms with E-state index >= 15 is 0 Å². The van der Waals surface area contributed by atoms with Crippen LogP contribution in [0.3, 0.4) is 0 Å². The van der Waals surface area contributed by atoms with Crippen LogP contribution in [-0.2, 0) is 6.42 Å². The third-order valence-electron chi connectivity index (χ3n) is 3.40. The molecule has 0 aromatic heterocycles. The summed E-state index contributed by atoms with van der Waals surface area (Å²) < 4.78 is 5.17. The topological polar surface area (TPSA) is 21.3 Å². The number of hydrogen-bond acceptors (Lipinski definition) is 2. The quantitative estimate of drug-likeness (QED) is 0.679. The van der Waals surface area contributed by atoms with Crippen molar-refractivity contribution in [3.05, 3.63) is 29.8 Å². The van der Waals surface area contributed by atoms with Gasteiger partial charge in [0.25, 0.3) is 0 Å². The first-order valence-electron chi connectivity index (χ1n) is 7.48. The van der Waals surface area contributed by atoms with E-state index in [1.165, 1.54) is 24.8 Å². The van der Waals surface area contributed by atoms with Crippen LogP contribution in [0.25, 0.3) is 0 Å². The minimum Gasteiger partial charge on any atom is -0.497 e. The molecule has 0 aliphatic rings. The van der Waals surface area contributed by atoms with E-state index < -0.39 is 0 Å². The van der Waals surface area contributed by atoms with Crippen molar-refractivity contribution >= 4 is 0 Å². The zero-order valence-electron chi connectivity index (χ0n) is 12.9. The Hall–Kier alpha value is -1.02. The summed E-state index contributed by atoms with van der Waals surface area (Å²) in [4.78, 5) is 0. The summed E-state index contributed by atoms with van der Waals surface area (Å²) >= 11 is 0. The van der Waals surface area contributed by atoms with Crippen LogP contribution in [0.1, 0.15) is 45.6 Å². The molecule has 1 unspecified atom stereocenters. The second-order valence-corrected chi connectivity index (χ2v) is 5.80. The zero-order valence-corrected chi connectivity index (χ0v) is 12.9. The number of benzene rings is 1. The fraction of sp³-hybridized carbons (Fsp3) is 0.647. The predicted molar refractivity (Wildman–Crippen MR) is 82.9 cm³/mol. The van der Waals surface area contributed by atoms with Gasteiger partial charge in [0.2, 0.25) is 0 Å². The van der Waals surface area contributed by atoms with Crippen molar-refractivity contribution in [2.45, 2.75) is 52.5 Å². The Balaban J connectivity index is 2.17. The number of unbranched alkanes of at least 4 members (excludes halogenated alkanes) is 1. The summed E-state index contributed by atoms with van der Waals surface area (Å²) in [6.07, 6.45) is 5.04. The van der Waals surface area contributed by atoms with Crippen molar-refractivity contribution in [1.82, 2.24) is 5.32 Å². The Bertz CT molecular complexity index is 332. The smallest absolute Gasteiger partial charge is 0.118 e. The molecule has 0 saturated carbocycles.